The van der Waals surface area contributed by atoms with Crippen molar-refractivity contribution in [2.45, 2.75) is 6.54 Å². The third-order valence-corrected chi connectivity index (χ3v) is 3.83. The second-order valence-electron chi connectivity index (χ2n) is 5.80. The van der Waals surface area contributed by atoms with E-state index in [2.05, 4.69) is 15.3 Å². The van der Waals surface area contributed by atoms with Gasteiger partial charge < -0.3 is 15.3 Å². The van der Waals surface area contributed by atoms with Gasteiger partial charge in [-0.2, -0.15) is 0 Å². The molecule has 2 N–H and O–H groups in total. The number of hydrogen-bond acceptors (Lipinski definition) is 5. The van der Waals surface area contributed by atoms with E-state index < -0.39 is 5.97 Å². The van der Waals surface area contributed by atoms with E-state index in [0.717, 1.165) is 11.0 Å². The highest BCUT2D eigenvalue weighted by molar-refractivity contribution is 5.99. The molecule has 2 aromatic carbocycles. The fraction of sp³-hybridized carbons (Fsp3) is 0.158. The largest absolute Gasteiger partial charge is 0.480 e. The van der Waals surface area contributed by atoms with Crippen molar-refractivity contribution < 1.29 is 14.7 Å². The predicted molar refractivity (Wildman–Crippen MR) is 97.9 cm³/mol. The summed E-state index contributed by atoms with van der Waals surface area (Å²) in [5, 5.41) is 11.6. The molecule has 1 aromatic heterocycles. The Bertz CT molecular complexity index is 958. The highest BCUT2D eigenvalue weighted by atomic mass is 16.4. The van der Waals surface area contributed by atoms with Gasteiger partial charge in [0.1, 0.15) is 6.54 Å². The number of aliphatic carboxylic acids is 1. The number of carboxylic acids is 1. The van der Waals surface area contributed by atoms with Gasteiger partial charge in [-0.15, -0.1) is 0 Å². The van der Waals surface area contributed by atoms with Gasteiger partial charge in [0.05, 0.1) is 35.0 Å². The fourth-order valence-electron chi connectivity index (χ4n) is 2.59. The van der Waals surface area contributed by atoms with Crippen LogP contribution in [0.1, 0.15) is 16.1 Å². The summed E-state index contributed by atoms with van der Waals surface area (Å²) in [5.41, 5.74) is 3.14. The molecule has 0 aliphatic rings. The van der Waals surface area contributed by atoms with Crippen molar-refractivity contribution in [3.8, 4) is 0 Å². The Balaban J connectivity index is 1.77. The van der Waals surface area contributed by atoms with Crippen LogP contribution in [0, 0.1) is 0 Å². The van der Waals surface area contributed by atoms with Gasteiger partial charge in [0, 0.05) is 12.7 Å². The lowest BCUT2D eigenvalue weighted by Gasteiger charge is -2.19. The van der Waals surface area contributed by atoms with Crippen LogP contribution in [0.15, 0.2) is 54.7 Å². The monoisotopic (exact) mass is 350 g/mol. The summed E-state index contributed by atoms with van der Waals surface area (Å²) in [5.74, 6) is -1.22. The minimum Gasteiger partial charge on any atom is -0.480 e. The van der Waals surface area contributed by atoms with Crippen molar-refractivity contribution in [3.05, 3.63) is 66.0 Å². The molecule has 0 bridgehead atoms. The SMILES string of the molecule is CN(Cc1cnc2ccccc2n1)C(=O)c1ccccc1NCC(=O)O. The highest BCUT2D eigenvalue weighted by Gasteiger charge is 2.17. The number of rotatable bonds is 6. The molecule has 0 spiro atoms. The summed E-state index contributed by atoms with van der Waals surface area (Å²) in [7, 11) is 1.67. The molecule has 0 aliphatic heterocycles. The van der Waals surface area contributed by atoms with E-state index in [1.807, 2.05) is 24.3 Å². The van der Waals surface area contributed by atoms with Crippen LogP contribution in [0.3, 0.4) is 0 Å². The Kier molecular flexibility index (Phi) is 5.07. The molecule has 0 saturated heterocycles. The zero-order chi connectivity index (χ0) is 18.5. The number of carboxylic acid groups (broad SMARTS) is 1. The second-order valence-corrected chi connectivity index (χ2v) is 5.80. The summed E-state index contributed by atoms with van der Waals surface area (Å²) in [4.78, 5) is 33.9. The lowest BCUT2D eigenvalue weighted by Crippen LogP contribution is -2.28. The third-order valence-electron chi connectivity index (χ3n) is 3.83. The van der Waals surface area contributed by atoms with Gasteiger partial charge in [-0.1, -0.05) is 24.3 Å². The van der Waals surface area contributed by atoms with Crippen LogP contribution >= 0.6 is 0 Å². The zero-order valence-corrected chi connectivity index (χ0v) is 14.2. The lowest BCUT2D eigenvalue weighted by atomic mass is 10.1. The van der Waals surface area contributed by atoms with Gasteiger partial charge >= 0.3 is 5.97 Å². The van der Waals surface area contributed by atoms with Gasteiger partial charge in [0.2, 0.25) is 0 Å². The second kappa shape index (κ2) is 7.60. The molecule has 132 valence electrons. The summed E-state index contributed by atoms with van der Waals surface area (Å²) >= 11 is 0. The molecule has 0 unspecified atom stereocenters. The van der Waals surface area contributed by atoms with Gasteiger partial charge in [0.15, 0.2) is 0 Å². The minimum absolute atomic E-state index is 0.228. The molecule has 7 heteroatoms. The molecule has 7 nitrogen and oxygen atoms in total. The summed E-state index contributed by atoms with van der Waals surface area (Å²) in [6.45, 7) is 0.0358. The number of nitrogens with zero attached hydrogens (tertiary/aromatic N) is 3. The number of nitrogens with one attached hydrogen (secondary N) is 1. The average molecular weight is 350 g/mol. The van der Waals surface area contributed by atoms with E-state index >= 15 is 0 Å². The number of anilines is 1. The van der Waals surface area contributed by atoms with Crippen molar-refractivity contribution in [2.75, 3.05) is 18.9 Å². The van der Waals surface area contributed by atoms with Crippen LogP contribution in [0.2, 0.25) is 0 Å². The number of amides is 1. The zero-order valence-electron chi connectivity index (χ0n) is 14.2. The molecule has 3 aromatic rings. The Labute approximate surface area is 150 Å². The molecule has 0 radical (unpaired) electrons. The first-order valence-corrected chi connectivity index (χ1v) is 8.05. The van der Waals surface area contributed by atoms with Gasteiger partial charge in [-0.25, -0.2) is 4.98 Å². The molecule has 3 rings (SSSR count). The molecule has 0 fully saturated rings. The van der Waals surface area contributed by atoms with E-state index in [-0.39, 0.29) is 12.5 Å². The number of aromatic nitrogens is 2. The number of carbonyl (C=O) groups excluding carboxylic acids is 1. The van der Waals surface area contributed by atoms with Crippen LogP contribution in [0.4, 0.5) is 5.69 Å². The quantitative estimate of drug-likeness (QED) is 0.709. The average Bonchev–Trinajstić information content (AvgIpc) is 2.66. The molecule has 1 heterocycles. The minimum atomic E-state index is -0.993. The maximum atomic E-state index is 12.8. The predicted octanol–water partition coefficient (Wildman–Crippen LogP) is 2.40. The standard InChI is InChI=1S/C19H18N4O3/c1-23(12-13-10-20-16-8-4-5-9-17(16)22-13)19(26)14-6-2-3-7-15(14)21-11-18(24)25/h2-10,21H,11-12H2,1H3,(H,24,25). The Morgan fingerprint density at radius 2 is 1.77 bits per heavy atom. The van der Waals surface area contributed by atoms with Gasteiger partial charge in [-0.3, -0.25) is 14.6 Å². The maximum absolute atomic E-state index is 12.8. The molecule has 0 atom stereocenters. The summed E-state index contributed by atoms with van der Waals surface area (Å²) in [6.07, 6.45) is 1.65. The van der Waals surface area contributed by atoms with E-state index in [0.29, 0.717) is 23.5 Å². The van der Waals surface area contributed by atoms with Gasteiger partial charge in [0.25, 0.3) is 5.91 Å². The van der Waals surface area contributed by atoms with Crippen LogP contribution < -0.4 is 5.32 Å². The molecule has 26 heavy (non-hydrogen) atoms. The van der Waals surface area contributed by atoms with Crippen LogP contribution in [0.25, 0.3) is 11.0 Å². The smallest absolute Gasteiger partial charge is 0.322 e. The summed E-state index contributed by atoms with van der Waals surface area (Å²) < 4.78 is 0. The fourth-order valence-corrected chi connectivity index (χ4v) is 2.59. The maximum Gasteiger partial charge on any atom is 0.322 e. The molecular formula is C19H18N4O3. The highest BCUT2D eigenvalue weighted by Crippen LogP contribution is 2.18. The van der Waals surface area contributed by atoms with E-state index in [1.54, 1.807) is 37.5 Å². The van der Waals surface area contributed by atoms with Crippen molar-refractivity contribution in [3.63, 3.8) is 0 Å². The normalized spacial score (nSPS) is 10.5. The first kappa shape index (κ1) is 17.3. The number of carbonyl (C=O) groups is 2. The molecule has 1 amide bonds. The van der Waals surface area contributed by atoms with Crippen LogP contribution in [0.5, 0.6) is 0 Å². The van der Waals surface area contributed by atoms with Crippen molar-refractivity contribution >= 4 is 28.6 Å². The third kappa shape index (κ3) is 3.94. The molecule has 0 aliphatic carbocycles. The van der Waals surface area contributed by atoms with Crippen LogP contribution in [-0.4, -0.2) is 45.4 Å². The van der Waals surface area contributed by atoms with Crippen molar-refractivity contribution in [1.29, 1.82) is 0 Å². The number of para-hydroxylation sites is 3. The Morgan fingerprint density at radius 1 is 1.08 bits per heavy atom. The van der Waals surface area contributed by atoms with E-state index in [1.165, 1.54) is 4.90 Å². The Morgan fingerprint density at radius 3 is 2.54 bits per heavy atom. The summed E-state index contributed by atoms with van der Waals surface area (Å²) in [6, 6.07) is 14.4. The number of fused-ring (bicyclic) bond motifs is 1. The van der Waals surface area contributed by atoms with E-state index in [4.69, 9.17) is 5.11 Å². The van der Waals surface area contributed by atoms with Crippen LogP contribution in [-0.2, 0) is 11.3 Å². The van der Waals surface area contributed by atoms with E-state index in [9.17, 15) is 9.59 Å². The number of hydrogen-bond donors (Lipinski definition) is 2. The first-order chi connectivity index (χ1) is 12.5. The van der Waals surface area contributed by atoms with Crippen molar-refractivity contribution in [2.24, 2.45) is 0 Å². The first-order valence-electron chi connectivity index (χ1n) is 8.05. The number of benzene rings is 2. The molecular weight excluding hydrogens is 332 g/mol. The lowest BCUT2D eigenvalue weighted by molar-refractivity contribution is -0.134. The van der Waals surface area contributed by atoms with Crippen molar-refractivity contribution in [1.82, 2.24) is 14.9 Å². The van der Waals surface area contributed by atoms with Gasteiger partial charge in [-0.05, 0) is 24.3 Å². The molecule has 0 saturated carbocycles. The Hall–Kier alpha value is -3.48. The topological polar surface area (TPSA) is 95.4 Å².